The highest BCUT2D eigenvalue weighted by molar-refractivity contribution is 5.93. The summed E-state index contributed by atoms with van der Waals surface area (Å²) < 4.78 is 5.89. The molecule has 1 unspecified atom stereocenters. The number of aryl methyl sites for hydroxylation is 2. The molecule has 0 spiro atoms. The Hall–Kier alpha value is -2.51. The number of benzene rings is 1. The SMILES string of the molecule is Cc1ncc(C(=O)N2CCOC(CO)(Cc3ccccc3C)C2)c(=O)[nH]1. The van der Waals surface area contributed by atoms with Gasteiger partial charge in [-0.25, -0.2) is 4.98 Å². The molecule has 7 nitrogen and oxygen atoms in total. The summed E-state index contributed by atoms with van der Waals surface area (Å²) in [6.07, 6.45) is 1.79. The zero-order chi connectivity index (χ0) is 18.7. The highest BCUT2D eigenvalue weighted by Gasteiger charge is 2.39. The molecular formula is C19H23N3O4. The van der Waals surface area contributed by atoms with E-state index in [9.17, 15) is 14.7 Å². The van der Waals surface area contributed by atoms with Gasteiger partial charge in [0, 0.05) is 19.2 Å². The van der Waals surface area contributed by atoms with E-state index < -0.39 is 17.1 Å². The molecule has 7 heteroatoms. The van der Waals surface area contributed by atoms with Crippen molar-refractivity contribution in [3.05, 3.63) is 63.3 Å². The minimum atomic E-state index is -0.884. The van der Waals surface area contributed by atoms with Crippen molar-refractivity contribution < 1.29 is 14.6 Å². The zero-order valence-electron chi connectivity index (χ0n) is 15.0. The lowest BCUT2D eigenvalue weighted by Crippen LogP contribution is -2.57. The van der Waals surface area contributed by atoms with Crippen LogP contribution >= 0.6 is 0 Å². The monoisotopic (exact) mass is 357 g/mol. The van der Waals surface area contributed by atoms with Crippen LogP contribution in [0.5, 0.6) is 0 Å². The van der Waals surface area contributed by atoms with Crippen LogP contribution in [0.2, 0.25) is 0 Å². The molecule has 0 bridgehead atoms. The van der Waals surface area contributed by atoms with Crippen LogP contribution < -0.4 is 5.56 Å². The molecule has 1 atom stereocenters. The molecule has 1 aromatic carbocycles. The standard InChI is InChI=1S/C19H23N3O4/c1-13-5-3-4-6-15(13)9-19(12-23)11-22(7-8-26-19)18(25)16-10-20-14(2)21-17(16)24/h3-6,10,23H,7-9,11-12H2,1-2H3,(H,20,21,24). The van der Waals surface area contributed by atoms with Crippen LogP contribution in [0, 0.1) is 13.8 Å². The van der Waals surface area contributed by atoms with Crippen molar-refractivity contribution in [1.82, 2.24) is 14.9 Å². The van der Waals surface area contributed by atoms with E-state index in [4.69, 9.17) is 4.74 Å². The molecule has 3 rings (SSSR count). The number of morpholine rings is 1. The topological polar surface area (TPSA) is 95.5 Å². The summed E-state index contributed by atoms with van der Waals surface area (Å²) in [5, 5.41) is 10.0. The highest BCUT2D eigenvalue weighted by Crippen LogP contribution is 2.25. The molecule has 1 amide bonds. The molecule has 2 aromatic rings. The molecule has 0 saturated carbocycles. The van der Waals surface area contributed by atoms with E-state index in [1.807, 2.05) is 31.2 Å². The van der Waals surface area contributed by atoms with Crippen molar-refractivity contribution in [2.45, 2.75) is 25.9 Å². The van der Waals surface area contributed by atoms with Crippen LogP contribution in [-0.4, -0.2) is 57.8 Å². The first kappa shape index (κ1) is 18.3. The lowest BCUT2D eigenvalue weighted by molar-refractivity contribution is -0.123. The van der Waals surface area contributed by atoms with E-state index in [-0.39, 0.29) is 18.7 Å². The number of aliphatic hydroxyl groups is 1. The second-order valence-electron chi connectivity index (χ2n) is 6.73. The number of nitrogens with zero attached hydrogens (tertiary/aromatic N) is 2. The Morgan fingerprint density at radius 2 is 2.15 bits per heavy atom. The number of nitrogens with one attached hydrogen (secondary N) is 1. The van der Waals surface area contributed by atoms with E-state index in [1.54, 1.807) is 11.8 Å². The second-order valence-corrected chi connectivity index (χ2v) is 6.73. The number of hydrogen-bond donors (Lipinski definition) is 2. The first-order valence-electron chi connectivity index (χ1n) is 8.59. The summed E-state index contributed by atoms with van der Waals surface area (Å²) in [6, 6.07) is 7.89. The Bertz CT molecular complexity index is 864. The second kappa shape index (κ2) is 7.39. The maximum absolute atomic E-state index is 12.8. The van der Waals surface area contributed by atoms with Gasteiger partial charge in [0.05, 0.1) is 19.8 Å². The lowest BCUT2D eigenvalue weighted by atomic mass is 9.90. The molecular weight excluding hydrogens is 334 g/mol. The maximum atomic E-state index is 12.8. The fourth-order valence-electron chi connectivity index (χ4n) is 3.24. The number of rotatable bonds is 4. The van der Waals surface area contributed by atoms with Gasteiger partial charge in [-0.1, -0.05) is 24.3 Å². The van der Waals surface area contributed by atoms with Crippen molar-refractivity contribution in [2.24, 2.45) is 0 Å². The molecule has 1 aliphatic rings. The fraction of sp³-hybridized carbons (Fsp3) is 0.421. The first-order chi connectivity index (χ1) is 12.4. The number of hydrogen-bond acceptors (Lipinski definition) is 5. The Morgan fingerprint density at radius 1 is 1.38 bits per heavy atom. The van der Waals surface area contributed by atoms with Gasteiger partial charge < -0.3 is 19.7 Å². The predicted molar refractivity (Wildman–Crippen MR) is 96.2 cm³/mol. The summed E-state index contributed by atoms with van der Waals surface area (Å²) in [6.45, 7) is 4.32. The van der Waals surface area contributed by atoms with Crippen LogP contribution in [0.1, 0.15) is 27.3 Å². The van der Waals surface area contributed by atoms with Gasteiger partial charge in [0.2, 0.25) is 0 Å². The number of carbonyl (C=O) groups is 1. The van der Waals surface area contributed by atoms with Gasteiger partial charge in [-0.3, -0.25) is 9.59 Å². The molecule has 26 heavy (non-hydrogen) atoms. The molecule has 1 aromatic heterocycles. The van der Waals surface area contributed by atoms with E-state index in [1.165, 1.54) is 6.20 Å². The zero-order valence-corrected chi connectivity index (χ0v) is 15.0. The van der Waals surface area contributed by atoms with Crippen LogP contribution in [0.4, 0.5) is 0 Å². The fourth-order valence-corrected chi connectivity index (χ4v) is 3.24. The molecule has 0 radical (unpaired) electrons. The minimum Gasteiger partial charge on any atom is -0.393 e. The van der Waals surface area contributed by atoms with Gasteiger partial charge in [-0.15, -0.1) is 0 Å². The first-order valence-corrected chi connectivity index (χ1v) is 8.59. The summed E-state index contributed by atoms with van der Waals surface area (Å²) >= 11 is 0. The molecule has 1 fully saturated rings. The minimum absolute atomic E-state index is 0.000214. The molecule has 1 aliphatic heterocycles. The van der Waals surface area contributed by atoms with Gasteiger partial charge in [-0.2, -0.15) is 0 Å². The van der Waals surface area contributed by atoms with Gasteiger partial charge in [0.25, 0.3) is 11.5 Å². The van der Waals surface area contributed by atoms with E-state index in [0.29, 0.717) is 25.4 Å². The van der Waals surface area contributed by atoms with E-state index in [0.717, 1.165) is 11.1 Å². The third kappa shape index (κ3) is 3.68. The highest BCUT2D eigenvalue weighted by atomic mass is 16.5. The Kier molecular flexibility index (Phi) is 5.20. The summed E-state index contributed by atoms with van der Waals surface area (Å²) in [7, 11) is 0. The Balaban J connectivity index is 1.83. The van der Waals surface area contributed by atoms with Crippen molar-refractivity contribution in [1.29, 1.82) is 0 Å². The quantitative estimate of drug-likeness (QED) is 0.845. The largest absolute Gasteiger partial charge is 0.393 e. The summed E-state index contributed by atoms with van der Waals surface area (Å²) in [5.41, 5.74) is 0.824. The number of amides is 1. The van der Waals surface area contributed by atoms with Crippen LogP contribution in [0.25, 0.3) is 0 Å². The smallest absolute Gasteiger partial charge is 0.263 e. The van der Waals surface area contributed by atoms with Crippen molar-refractivity contribution >= 4 is 5.91 Å². The number of aromatic amines is 1. The van der Waals surface area contributed by atoms with Gasteiger partial charge in [0.15, 0.2) is 0 Å². The third-order valence-corrected chi connectivity index (χ3v) is 4.75. The number of aromatic nitrogens is 2. The van der Waals surface area contributed by atoms with Crippen LogP contribution in [0.3, 0.4) is 0 Å². The van der Waals surface area contributed by atoms with Gasteiger partial charge in [-0.05, 0) is 25.0 Å². The predicted octanol–water partition coefficient (Wildman–Crippen LogP) is 0.833. The molecule has 0 aliphatic carbocycles. The number of ether oxygens (including phenoxy) is 1. The molecule has 1 saturated heterocycles. The normalized spacial score (nSPS) is 20.2. The summed E-state index contributed by atoms with van der Waals surface area (Å²) in [4.78, 5) is 33.0. The van der Waals surface area contributed by atoms with Crippen molar-refractivity contribution in [3.63, 3.8) is 0 Å². The average Bonchev–Trinajstić information content (AvgIpc) is 2.63. The summed E-state index contributed by atoms with van der Waals surface area (Å²) in [5.74, 6) is 0.0578. The van der Waals surface area contributed by atoms with E-state index >= 15 is 0 Å². The van der Waals surface area contributed by atoms with Gasteiger partial charge >= 0.3 is 0 Å². The number of carbonyl (C=O) groups excluding carboxylic acids is 1. The van der Waals surface area contributed by atoms with Crippen LogP contribution in [-0.2, 0) is 11.2 Å². The molecule has 2 heterocycles. The van der Waals surface area contributed by atoms with Crippen LogP contribution in [0.15, 0.2) is 35.3 Å². The third-order valence-electron chi connectivity index (χ3n) is 4.75. The van der Waals surface area contributed by atoms with Crippen molar-refractivity contribution in [2.75, 3.05) is 26.3 Å². The maximum Gasteiger partial charge on any atom is 0.263 e. The Labute approximate surface area is 151 Å². The van der Waals surface area contributed by atoms with E-state index in [2.05, 4.69) is 9.97 Å². The lowest BCUT2D eigenvalue weighted by Gasteiger charge is -2.42. The van der Waals surface area contributed by atoms with Gasteiger partial charge in [0.1, 0.15) is 17.0 Å². The Morgan fingerprint density at radius 3 is 2.85 bits per heavy atom. The number of aliphatic hydroxyl groups excluding tert-OH is 1. The number of H-pyrrole nitrogens is 1. The molecule has 138 valence electrons. The average molecular weight is 357 g/mol. The van der Waals surface area contributed by atoms with Crippen molar-refractivity contribution in [3.8, 4) is 0 Å². The molecule has 2 N–H and O–H groups in total.